The van der Waals surface area contributed by atoms with Crippen molar-refractivity contribution in [3.05, 3.63) is 35.1 Å². The van der Waals surface area contributed by atoms with Crippen LogP contribution in [0.4, 0.5) is 22.4 Å². The van der Waals surface area contributed by atoms with E-state index in [1.807, 2.05) is 0 Å². The summed E-state index contributed by atoms with van der Waals surface area (Å²) >= 11 is 0. The number of halogens is 4. The topological polar surface area (TPSA) is 74.7 Å². The van der Waals surface area contributed by atoms with Gasteiger partial charge in [0, 0.05) is 18.7 Å². The van der Waals surface area contributed by atoms with E-state index in [-0.39, 0.29) is 13.1 Å². The van der Waals surface area contributed by atoms with E-state index in [1.165, 1.54) is 0 Å². The Hall–Kier alpha value is -1.84. The maximum atomic E-state index is 13.6. The number of rotatable bonds is 3. The lowest BCUT2D eigenvalue weighted by molar-refractivity contribution is -0.138. The van der Waals surface area contributed by atoms with Gasteiger partial charge < -0.3 is 10.0 Å². The van der Waals surface area contributed by atoms with Gasteiger partial charge in [-0.2, -0.15) is 13.2 Å². The average molecular weight is 341 g/mol. The lowest BCUT2D eigenvalue weighted by Gasteiger charge is -2.36. The van der Waals surface area contributed by atoms with Crippen LogP contribution in [0.2, 0.25) is 0 Å². The van der Waals surface area contributed by atoms with E-state index in [9.17, 15) is 30.8 Å². The second-order valence-corrected chi connectivity index (χ2v) is 7.16. The van der Waals surface area contributed by atoms with Crippen molar-refractivity contribution in [3.8, 4) is 0 Å². The zero-order chi connectivity index (χ0) is 16.7. The number of sulfone groups is 1. The highest BCUT2D eigenvalue weighted by Crippen LogP contribution is 2.34. The molecule has 122 valence electrons. The van der Waals surface area contributed by atoms with Crippen LogP contribution in [-0.2, 0) is 21.8 Å². The first kappa shape index (κ1) is 16.5. The van der Waals surface area contributed by atoms with Gasteiger partial charge in [-0.1, -0.05) is 6.07 Å². The SMILES string of the molecule is O=C(O)N1CC(S(=O)(=O)Cc2c(F)cccc2C(F)(F)F)C1. The Balaban J connectivity index is 2.26. The minimum absolute atomic E-state index is 0.326. The number of alkyl halides is 3. The van der Waals surface area contributed by atoms with Crippen LogP contribution < -0.4 is 0 Å². The molecule has 1 N–H and O–H groups in total. The molecule has 1 aromatic carbocycles. The molecule has 1 aliphatic rings. The van der Waals surface area contributed by atoms with Crippen molar-refractivity contribution in [1.29, 1.82) is 0 Å². The highest BCUT2D eigenvalue weighted by atomic mass is 32.2. The Kier molecular flexibility index (Phi) is 4.07. The number of hydrogen-bond acceptors (Lipinski definition) is 3. The van der Waals surface area contributed by atoms with E-state index in [1.54, 1.807) is 0 Å². The van der Waals surface area contributed by atoms with Crippen LogP contribution in [0.5, 0.6) is 0 Å². The van der Waals surface area contributed by atoms with Gasteiger partial charge in [-0.05, 0) is 12.1 Å². The number of likely N-dealkylation sites (tertiary alicyclic amines) is 1. The summed E-state index contributed by atoms with van der Waals surface area (Å²) in [6, 6.07) is 2.21. The van der Waals surface area contributed by atoms with Crippen LogP contribution in [0.25, 0.3) is 0 Å². The minimum atomic E-state index is -4.88. The van der Waals surface area contributed by atoms with E-state index in [0.29, 0.717) is 6.07 Å². The summed E-state index contributed by atoms with van der Waals surface area (Å²) in [6.07, 6.45) is -6.19. The summed E-state index contributed by atoms with van der Waals surface area (Å²) < 4.78 is 76.2. The highest BCUT2D eigenvalue weighted by molar-refractivity contribution is 7.91. The molecule has 1 fully saturated rings. The summed E-state index contributed by atoms with van der Waals surface area (Å²) in [5, 5.41) is 7.50. The van der Waals surface area contributed by atoms with Gasteiger partial charge in [-0.3, -0.25) is 0 Å². The summed E-state index contributed by atoms with van der Waals surface area (Å²) in [5.74, 6) is -2.38. The second kappa shape index (κ2) is 5.41. The third-order valence-electron chi connectivity index (χ3n) is 3.40. The molecule has 1 heterocycles. The highest BCUT2D eigenvalue weighted by Gasteiger charge is 2.42. The quantitative estimate of drug-likeness (QED) is 0.855. The van der Waals surface area contributed by atoms with E-state index in [4.69, 9.17) is 5.11 Å². The molecule has 1 saturated heterocycles. The van der Waals surface area contributed by atoms with Crippen molar-refractivity contribution in [3.63, 3.8) is 0 Å². The largest absolute Gasteiger partial charge is 0.465 e. The summed E-state index contributed by atoms with van der Waals surface area (Å²) in [5.41, 5.74) is -2.28. The molecule has 0 atom stereocenters. The third kappa shape index (κ3) is 3.16. The Morgan fingerprint density at radius 1 is 1.32 bits per heavy atom. The first-order valence-corrected chi connectivity index (χ1v) is 7.78. The standard InChI is InChI=1S/C12H11F4NO4S/c13-10-3-1-2-9(12(14,15)16)8(10)6-22(20,21)7-4-17(5-7)11(18)19/h1-3,7H,4-6H2,(H,18,19). The van der Waals surface area contributed by atoms with Crippen molar-refractivity contribution in [1.82, 2.24) is 4.90 Å². The normalized spacial score (nSPS) is 16.5. The third-order valence-corrected chi connectivity index (χ3v) is 5.40. The molecule has 0 radical (unpaired) electrons. The summed E-state index contributed by atoms with van der Waals surface area (Å²) in [7, 11) is -4.09. The molecule has 0 bridgehead atoms. The van der Waals surface area contributed by atoms with Crippen molar-refractivity contribution >= 4 is 15.9 Å². The van der Waals surface area contributed by atoms with Crippen LogP contribution in [0.15, 0.2) is 18.2 Å². The molecule has 10 heteroatoms. The molecule has 1 aromatic rings. The molecular formula is C12H11F4NO4S. The van der Waals surface area contributed by atoms with Gasteiger partial charge in [0.1, 0.15) is 5.82 Å². The van der Waals surface area contributed by atoms with Crippen LogP contribution in [0.3, 0.4) is 0 Å². The van der Waals surface area contributed by atoms with Crippen molar-refractivity contribution in [2.45, 2.75) is 17.2 Å². The Bertz CT molecular complexity index is 696. The minimum Gasteiger partial charge on any atom is -0.465 e. The Morgan fingerprint density at radius 3 is 2.41 bits per heavy atom. The number of hydrogen-bond donors (Lipinski definition) is 1. The van der Waals surface area contributed by atoms with Gasteiger partial charge in [0.05, 0.1) is 16.6 Å². The predicted molar refractivity (Wildman–Crippen MR) is 67.4 cm³/mol. The predicted octanol–water partition coefficient (Wildman–Crippen LogP) is 2.12. The van der Waals surface area contributed by atoms with Gasteiger partial charge in [-0.15, -0.1) is 0 Å². The van der Waals surface area contributed by atoms with E-state index in [0.717, 1.165) is 17.0 Å². The number of nitrogens with zero attached hydrogens (tertiary/aromatic N) is 1. The second-order valence-electron chi connectivity index (χ2n) is 4.88. The molecule has 0 aliphatic carbocycles. The van der Waals surface area contributed by atoms with Crippen LogP contribution in [-0.4, -0.2) is 42.9 Å². The van der Waals surface area contributed by atoms with Crippen molar-refractivity contribution < 1.29 is 35.9 Å². The van der Waals surface area contributed by atoms with Crippen molar-refractivity contribution in [2.75, 3.05) is 13.1 Å². The van der Waals surface area contributed by atoms with Gasteiger partial charge in [0.15, 0.2) is 9.84 Å². The summed E-state index contributed by atoms with van der Waals surface area (Å²) in [4.78, 5) is 11.4. The first-order chi connectivity index (χ1) is 10.0. The zero-order valence-electron chi connectivity index (χ0n) is 11.0. The molecule has 22 heavy (non-hydrogen) atoms. The van der Waals surface area contributed by atoms with E-state index >= 15 is 0 Å². The molecule has 0 spiro atoms. The fourth-order valence-electron chi connectivity index (χ4n) is 2.11. The smallest absolute Gasteiger partial charge is 0.416 e. The fourth-order valence-corrected chi connectivity index (χ4v) is 3.86. The first-order valence-electron chi connectivity index (χ1n) is 6.06. The van der Waals surface area contributed by atoms with Gasteiger partial charge in [0.2, 0.25) is 0 Å². The summed E-state index contributed by atoms with van der Waals surface area (Å²) in [6.45, 7) is -0.652. The monoisotopic (exact) mass is 341 g/mol. The van der Waals surface area contributed by atoms with E-state index in [2.05, 4.69) is 0 Å². The molecule has 1 aliphatic heterocycles. The Morgan fingerprint density at radius 2 is 1.91 bits per heavy atom. The molecule has 2 rings (SSSR count). The van der Waals surface area contributed by atoms with Crippen LogP contribution in [0.1, 0.15) is 11.1 Å². The number of carboxylic acid groups (broad SMARTS) is 1. The fraction of sp³-hybridized carbons (Fsp3) is 0.417. The number of carbonyl (C=O) groups is 1. The van der Waals surface area contributed by atoms with Crippen molar-refractivity contribution in [2.24, 2.45) is 0 Å². The molecule has 0 saturated carbocycles. The molecule has 1 amide bonds. The average Bonchev–Trinajstić information content (AvgIpc) is 2.26. The van der Waals surface area contributed by atoms with E-state index < -0.39 is 50.1 Å². The maximum Gasteiger partial charge on any atom is 0.416 e. The molecule has 5 nitrogen and oxygen atoms in total. The number of amides is 1. The molecule has 0 unspecified atom stereocenters. The lowest BCUT2D eigenvalue weighted by Crippen LogP contribution is -2.56. The van der Waals surface area contributed by atoms with Gasteiger partial charge in [-0.25, -0.2) is 17.6 Å². The van der Waals surface area contributed by atoms with Gasteiger partial charge >= 0.3 is 12.3 Å². The lowest BCUT2D eigenvalue weighted by atomic mass is 10.1. The number of benzene rings is 1. The molecule has 0 aromatic heterocycles. The molecular weight excluding hydrogens is 330 g/mol. The van der Waals surface area contributed by atoms with Crippen LogP contribution >= 0.6 is 0 Å². The van der Waals surface area contributed by atoms with Crippen LogP contribution in [0, 0.1) is 5.82 Å². The maximum absolute atomic E-state index is 13.6. The van der Waals surface area contributed by atoms with Gasteiger partial charge in [0.25, 0.3) is 0 Å². The zero-order valence-corrected chi connectivity index (χ0v) is 11.8. The Labute approximate surface area is 123 Å².